The zero-order valence-electron chi connectivity index (χ0n) is 12.7. The van der Waals surface area contributed by atoms with E-state index >= 15 is 0 Å². The maximum Gasteiger partial charge on any atom is 0.355 e. The van der Waals surface area contributed by atoms with Crippen molar-refractivity contribution < 1.29 is 19.1 Å². The number of esters is 1. The number of fused-ring (bicyclic) bond motifs is 1. The summed E-state index contributed by atoms with van der Waals surface area (Å²) in [6, 6.07) is 7.68. The van der Waals surface area contributed by atoms with Crippen LogP contribution in [0.25, 0.3) is 0 Å². The molecule has 23 heavy (non-hydrogen) atoms. The van der Waals surface area contributed by atoms with Gasteiger partial charge in [0.15, 0.2) is 6.10 Å². The number of benzene rings is 1. The van der Waals surface area contributed by atoms with Crippen LogP contribution in [0.1, 0.15) is 25.3 Å². The molecule has 1 aromatic rings. The van der Waals surface area contributed by atoms with Gasteiger partial charge in [-0.3, -0.25) is 9.59 Å². The number of nitrogens with zero attached hydrogens (tertiary/aromatic N) is 2. The minimum atomic E-state index is -0.908. The van der Waals surface area contributed by atoms with Crippen LogP contribution in [-0.2, 0) is 25.5 Å². The van der Waals surface area contributed by atoms with Gasteiger partial charge in [0.25, 0.3) is 5.91 Å². The first-order chi connectivity index (χ1) is 11.1. The first-order valence-electron chi connectivity index (χ1n) is 7.52. The lowest BCUT2D eigenvalue weighted by atomic mass is 10.2. The maximum atomic E-state index is 12.5. The fraction of sp³-hybridized carbons (Fsp3) is 0.375. The highest BCUT2D eigenvalue weighted by molar-refractivity contribution is 6.37. The SMILES string of the molecule is CC(OC(=O)C1=NNC(=O)CC1)C(=O)N1CCc2ccccc21. The number of hydrogen-bond acceptors (Lipinski definition) is 5. The quantitative estimate of drug-likeness (QED) is 0.835. The lowest BCUT2D eigenvalue weighted by Crippen LogP contribution is -2.41. The van der Waals surface area contributed by atoms with Crippen molar-refractivity contribution >= 4 is 29.2 Å². The van der Waals surface area contributed by atoms with Crippen LogP contribution in [0, 0.1) is 0 Å². The van der Waals surface area contributed by atoms with Gasteiger partial charge in [-0.15, -0.1) is 0 Å². The number of hydrogen-bond donors (Lipinski definition) is 1. The molecule has 2 heterocycles. The zero-order chi connectivity index (χ0) is 16.4. The van der Waals surface area contributed by atoms with Crippen molar-refractivity contribution in [2.24, 2.45) is 5.10 Å². The molecule has 1 atom stereocenters. The van der Waals surface area contributed by atoms with E-state index in [2.05, 4.69) is 10.5 Å². The molecule has 7 nitrogen and oxygen atoms in total. The third-order valence-electron chi connectivity index (χ3n) is 3.92. The molecular formula is C16H17N3O4. The minimum Gasteiger partial charge on any atom is -0.448 e. The monoisotopic (exact) mass is 315 g/mol. The normalized spacial score (nSPS) is 17.9. The van der Waals surface area contributed by atoms with Crippen LogP contribution in [0.3, 0.4) is 0 Å². The van der Waals surface area contributed by atoms with E-state index in [9.17, 15) is 14.4 Å². The number of anilines is 1. The van der Waals surface area contributed by atoms with E-state index in [0.29, 0.717) is 6.54 Å². The molecule has 7 heteroatoms. The van der Waals surface area contributed by atoms with Gasteiger partial charge in [0, 0.05) is 25.1 Å². The molecule has 0 radical (unpaired) electrons. The Morgan fingerprint density at radius 1 is 1.26 bits per heavy atom. The van der Waals surface area contributed by atoms with Crippen molar-refractivity contribution in [1.29, 1.82) is 0 Å². The molecule has 0 aromatic heterocycles. The molecule has 2 aliphatic rings. The summed E-state index contributed by atoms with van der Waals surface area (Å²) >= 11 is 0. The van der Waals surface area contributed by atoms with Crippen LogP contribution >= 0.6 is 0 Å². The van der Waals surface area contributed by atoms with Gasteiger partial charge in [-0.2, -0.15) is 5.10 Å². The summed E-state index contributed by atoms with van der Waals surface area (Å²) in [6.45, 7) is 2.13. The predicted molar refractivity (Wildman–Crippen MR) is 82.9 cm³/mol. The van der Waals surface area contributed by atoms with E-state index in [1.165, 1.54) is 0 Å². The van der Waals surface area contributed by atoms with Crippen LogP contribution < -0.4 is 10.3 Å². The summed E-state index contributed by atoms with van der Waals surface area (Å²) in [5.74, 6) is -1.17. The molecule has 0 fully saturated rings. The standard InChI is InChI=1S/C16H17N3O4/c1-10(23-16(22)12-6-7-14(20)18-17-12)15(21)19-9-8-11-4-2-3-5-13(11)19/h2-5,10H,6-9H2,1H3,(H,18,20). The number of ether oxygens (including phenoxy) is 1. The van der Waals surface area contributed by atoms with E-state index in [0.717, 1.165) is 17.7 Å². The highest BCUT2D eigenvalue weighted by Gasteiger charge is 2.31. The van der Waals surface area contributed by atoms with Crippen LogP contribution in [0.2, 0.25) is 0 Å². The molecule has 1 N–H and O–H groups in total. The Kier molecular flexibility index (Phi) is 4.10. The first-order valence-corrected chi connectivity index (χ1v) is 7.52. The van der Waals surface area contributed by atoms with Gasteiger partial charge in [-0.1, -0.05) is 18.2 Å². The Balaban J connectivity index is 1.65. The van der Waals surface area contributed by atoms with Crippen molar-refractivity contribution in [1.82, 2.24) is 5.43 Å². The highest BCUT2D eigenvalue weighted by Crippen LogP contribution is 2.28. The fourth-order valence-corrected chi connectivity index (χ4v) is 2.69. The molecular weight excluding hydrogens is 298 g/mol. The molecule has 1 unspecified atom stereocenters. The Morgan fingerprint density at radius 3 is 2.78 bits per heavy atom. The van der Waals surface area contributed by atoms with Gasteiger partial charge in [-0.25, -0.2) is 10.2 Å². The molecule has 120 valence electrons. The minimum absolute atomic E-state index is 0.131. The number of para-hydroxylation sites is 1. The molecule has 0 aliphatic carbocycles. The number of hydrazone groups is 1. The number of carbonyl (C=O) groups is 3. The lowest BCUT2D eigenvalue weighted by Gasteiger charge is -2.22. The van der Waals surface area contributed by atoms with E-state index in [-0.39, 0.29) is 30.4 Å². The van der Waals surface area contributed by atoms with Crippen molar-refractivity contribution in [3.63, 3.8) is 0 Å². The van der Waals surface area contributed by atoms with Crippen LogP contribution in [0.5, 0.6) is 0 Å². The summed E-state index contributed by atoms with van der Waals surface area (Å²) in [5.41, 5.74) is 4.34. The second kappa shape index (κ2) is 6.20. The smallest absolute Gasteiger partial charge is 0.355 e. The Morgan fingerprint density at radius 2 is 2.04 bits per heavy atom. The molecule has 0 saturated carbocycles. The average Bonchev–Trinajstić information content (AvgIpc) is 2.98. The summed E-state index contributed by atoms with van der Waals surface area (Å²) in [5, 5.41) is 3.67. The molecule has 2 aliphatic heterocycles. The Hall–Kier alpha value is -2.70. The summed E-state index contributed by atoms with van der Waals surface area (Å²) in [4.78, 5) is 37.2. The second-order valence-electron chi connectivity index (χ2n) is 5.51. The van der Waals surface area contributed by atoms with Gasteiger partial charge >= 0.3 is 5.97 Å². The summed E-state index contributed by atoms with van der Waals surface area (Å²) in [6.07, 6.45) is 0.295. The Bertz CT molecular complexity index is 698. The molecule has 3 rings (SSSR count). The molecule has 1 aromatic carbocycles. The maximum absolute atomic E-state index is 12.5. The third kappa shape index (κ3) is 3.08. The van der Waals surface area contributed by atoms with Crippen molar-refractivity contribution in [3.8, 4) is 0 Å². The Labute approximate surface area is 133 Å². The lowest BCUT2D eigenvalue weighted by molar-refractivity contribution is -0.147. The van der Waals surface area contributed by atoms with Crippen molar-refractivity contribution in [2.75, 3.05) is 11.4 Å². The van der Waals surface area contributed by atoms with Gasteiger partial charge in [0.1, 0.15) is 5.71 Å². The summed E-state index contributed by atoms with van der Waals surface area (Å²) in [7, 11) is 0. The molecule has 0 saturated heterocycles. The van der Waals surface area contributed by atoms with Gasteiger partial charge in [-0.05, 0) is 25.0 Å². The van der Waals surface area contributed by atoms with Crippen LogP contribution in [0.4, 0.5) is 5.69 Å². The van der Waals surface area contributed by atoms with E-state index < -0.39 is 12.1 Å². The van der Waals surface area contributed by atoms with Crippen molar-refractivity contribution in [3.05, 3.63) is 29.8 Å². The van der Waals surface area contributed by atoms with E-state index in [4.69, 9.17) is 4.74 Å². The van der Waals surface area contributed by atoms with Crippen molar-refractivity contribution in [2.45, 2.75) is 32.3 Å². The van der Waals surface area contributed by atoms with E-state index in [1.807, 2.05) is 24.3 Å². The fourth-order valence-electron chi connectivity index (χ4n) is 2.69. The largest absolute Gasteiger partial charge is 0.448 e. The molecule has 0 spiro atoms. The number of carbonyl (C=O) groups excluding carboxylic acids is 3. The van der Waals surface area contributed by atoms with Crippen LogP contribution in [-0.4, -0.2) is 36.1 Å². The zero-order valence-corrected chi connectivity index (χ0v) is 12.7. The predicted octanol–water partition coefficient (Wildman–Crippen LogP) is 0.773. The molecule has 2 amide bonds. The topological polar surface area (TPSA) is 88.1 Å². The van der Waals surface area contributed by atoms with Gasteiger partial charge < -0.3 is 9.64 Å². The number of amides is 2. The third-order valence-corrected chi connectivity index (χ3v) is 3.92. The van der Waals surface area contributed by atoms with Crippen LogP contribution in [0.15, 0.2) is 29.4 Å². The molecule has 0 bridgehead atoms. The second-order valence-corrected chi connectivity index (χ2v) is 5.51. The highest BCUT2D eigenvalue weighted by atomic mass is 16.5. The van der Waals surface area contributed by atoms with E-state index in [1.54, 1.807) is 11.8 Å². The van der Waals surface area contributed by atoms with Gasteiger partial charge in [0.05, 0.1) is 0 Å². The number of rotatable bonds is 3. The summed E-state index contributed by atoms with van der Waals surface area (Å²) < 4.78 is 5.20. The number of nitrogens with one attached hydrogen (secondary N) is 1. The first kappa shape index (κ1) is 15.2. The average molecular weight is 315 g/mol. The van der Waals surface area contributed by atoms with Gasteiger partial charge in [0.2, 0.25) is 5.91 Å².